The molecule has 0 saturated heterocycles. The highest BCUT2D eigenvalue weighted by molar-refractivity contribution is 9.10. The number of nitrogens with one attached hydrogen (secondary N) is 1. The summed E-state index contributed by atoms with van der Waals surface area (Å²) in [5.41, 5.74) is 2.10. The third-order valence-electron chi connectivity index (χ3n) is 5.16. The van der Waals surface area contributed by atoms with Crippen molar-refractivity contribution in [3.05, 3.63) is 15.9 Å². The molecule has 0 aromatic carbocycles. The maximum absolute atomic E-state index is 11.5. The van der Waals surface area contributed by atoms with Crippen LogP contribution in [0, 0.1) is 24.7 Å². The van der Waals surface area contributed by atoms with E-state index in [9.17, 15) is 9.90 Å². The first-order valence-corrected chi connectivity index (χ1v) is 8.50. The number of halogens is 1. The van der Waals surface area contributed by atoms with Crippen LogP contribution in [0.4, 0.5) is 0 Å². The second-order valence-corrected chi connectivity index (χ2v) is 7.06. The number of aromatic nitrogens is 2. The van der Waals surface area contributed by atoms with Crippen molar-refractivity contribution in [3.8, 4) is 0 Å². The van der Waals surface area contributed by atoms with Gasteiger partial charge in [0.05, 0.1) is 21.8 Å². The van der Waals surface area contributed by atoms with Crippen LogP contribution < -0.4 is 5.32 Å². The predicted octanol–water partition coefficient (Wildman–Crippen LogP) is 2.56. The first-order chi connectivity index (χ1) is 10.0. The van der Waals surface area contributed by atoms with Gasteiger partial charge in [-0.25, -0.2) is 0 Å². The molecule has 5 nitrogen and oxygen atoms in total. The van der Waals surface area contributed by atoms with Crippen molar-refractivity contribution >= 4 is 21.9 Å². The number of carbonyl (C=O) groups is 1. The molecule has 3 rings (SSSR count). The van der Waals surface area contributed by atoms with Crippen LogP contribution in [0.3, 0.4) is 0 Å². The maximum atomic E-state index is 11.5. The molecule has 0 radical (unpaired) electrons. The lowest BCUT2D eigenvalue weighted by Crippen LogP contribution is -2.44. The topological polar surface area (TPSA) is 67.2 Å². The second-order valence-electron chi connectivity index (χ2n) is 6.27. The van der Waals surface area contributed by atoms with Crippen molar-refractivity contribution in [2.75, 3.05) is 0 Å². The molecular formula is C15H22BrN3O2. The number of carboxylic acid groups (broad SMARTS) is 1. The first kappa shape index (κ1) is 15.0. The van der Waals surface area contributed by atoms with Crippen molar-refractivity contribution in [1.29, 1.82) is 0 Å². The van der Waals surface area contributed by atoms with Gasteiger partial charge in [0, 0.05) is 19.1 Å². The number of nitrogens with zero attached hydrogens (tertiary/aromatic N) is 2. The van der Waals surface area contributed by atoms with Gasteiger partial charge in [0.25, 0.3) is 0 Å². The van der Waals surface area contributed by atoms with Gasteiger partial charge < -0.3 is 10.4 Å². The highest BCUT2D eigenvalue weighted by Gasteiger charge is 2.50. The minimum absolute atomic E-state index is 0.105. The Kier molecular flexibility index (Phi) is 4.10. The molecule has 2 fully saturated rings. The van der Waals surface area contributed by atoms with E-state index < -0.39 is 5.97 Å². The average molecular weight is 356 g/mol. The van der Waals surface area contributed by atoms with Crippen molar-refractivity contribution in [1.82, 2.24) is 15.1 Å². The van der Waals surface area contributed by atoms with Crippen molar-refractivity contribution < 1.29 is 9.90 Å². The van der Waals surface area contributed by atoms with E-state index in [1.165, 1.54) is 6.42 Å². The second kappa shape index (κ2) is 5.72. The molecule has 2 aliphatic carbocycles. The standard InChI is InChI=1S/C15H22BrN3O2/c1-3-19-11(13(16)8(2)18-19)7-17-14-10-5-4-9(6-10)12(14)15(20)21/h9-10,12,14,17H,3-7H2,1-2H3,(H,20,21). The Bertz CT molecular complexity index is 557. The van der Waals surface area contributed by atoms with Crippen molar-refractivity contribution in [2.45, 2.75) is 52.2 Å². The SMILES string of the molecule is CCn1nc(C)c(Br)c1CNC1C2CCC(C2)C1C(=O)O. The van der Waals surface area contributed by atoms with Gasteiger partial charge in [-0.3, -0.25) is 9.48 Å². The van der Waals surface area contributed by atoms with Crippen LogP contribution in [0.1, 0.15) is 37.6 Å². The van der Waals surface area contributed by atoms with Gasteiger partial charge in [0.2, 0.25) is 0 Å². The number of rotatable bonds is 5. The lowest BCUT2D eigenvalue weighted by atomic mass is 9.84. The smallest absolute Gasteiger partial charge is 0.308 e. The summed E-state index contributed by atoms with van der Waals surface area (Å²) in [6.45, 7) is 5.55. The summed E-state index contributed by atoms with van der Waals surface area (Å²) < 4.78 is 3.02. The average Bonchev–Trinajstić information content (AvgIpc) is 3.11. The Morgan fingerprint density at radius 2 is 2.19 bits per heavy atom. The van der Waals surface area contributed by atoms with E-state index in [-0.39, 0.29) is 12.0 Å². The number of aliphatic carboxylic acids is 1. The molecule has 2 saturated carbocycles. The monoisotopic (exact) mass is 355 g/mol. The highest BCUT2D eigenvalue weighted by Crippen LogP contribution is 2.48. The Balaban J connectivity index is 1.74. The summed E-state index contributed by atoms with van der Waals surface area (Å²) in [5, 5.41) is 17.5. The Hall–Kier alpha value is -0.880. The van der Waals surface area contributed by atoms with Gasteiger partial charge in [-0.1, -0.05) is 0 Å². The van der Waals surface area contributed by atoms with E-state index in [1.54, 1.807) is 0 Å². The molecule has 116 valence electrons. The zero-order valence-corrected chi connectivity index (χ0v) is 14.1. The number of hydrogen-bond donors (Lipinski definition) is 2. The third-order valence-corrected chi connectivity index (χ3v) is 6.19. The van der Waals surface area contributed by atoms with Crippen LogP contribution in [0.25, 0.3) is 0 Å². The summed E-state index contributed by atoms with van der Waals surface area (Å²) in [4.78, 5) is 11.5. The number of aryl methyl sites for hydroxylation is 2. The molecule has 6 heteroatoms. The van der Waals surface area contributed by atoms with Crippen molar-refractivity contribution in [2.24, 2.45) is 17.8 Å². The van der Waals surface area contributed by atoms with Crippen LogP contribution in [0.5, 0.6) is 0 Å². The van der Waals surface area contributed by atoms with Gasteiger partial charge in [0.1, 0.15) is 0 Å². The van der Waals surface area contributed by atoms with Crippen LogP contribution in [-0.2, 0) is 17.9 Å². The molecule has 4 atom stereocenters. The van der Waals surface area contributed by atoms with Crippen LogP contribution in [0.15, 0.2) is 4.47 Å². The van der Waals surface area contributed by atoms with Crippen molar-refractivity contribution in [3.63, 3.8) is 0 Å². The van der Waals surface area contributed by atoms with E-state index >= 15 is 0 Å². The van der Waals surface area contributed by atoms with E-state index in [1.807, 2.05) is 11.6 Å². The molecule has 2 N–H and O–H groups in total. The van der Waals surface area contributed by atoms with Crippen LogP contribution >= 0.6 is 15.9 Å². The van der Waals surface area contributed by atoms with E-state index in [4.69, 9.17) is 0 Å². The number of hydrogen-bond acceptors (Lipinski definition) is 3. The molecule has 0 aliphatic heterocycles. The zero-order chi connectivity index (χ0) is 15.1. The normalized spacial score (nSPS) is 31.0. The molecule has 1 aromatic rings. The summed E-state index contributed by atoms with van der Waals surface area (Å²) in [5.74, 6) is 0.0285. The van der Waals surface area contributed by atoms with E-state index in [2.05, 4.69) is 33.3 Å². The van der Waals surface area contributed by atoms with E-state index in [0.717, 1.165) is 35.2 Å². The summed E-state index contributed by atoms with van der Waals surface area (Å²) >= 11 is 3.60. The minimum atomic E-state index is -0.640. The molecule has 4 unspecified atom stereocenters. The Labute approximate surface area is 133 Å². The van der Waals surface area contributed by atoms with Crippen LogP contribution in [0.2, 0.25) is 0 Å². The number of carboxylic acids is 1. The van der Waals surface area contributed by atoms with Crippen LogP contribution in [-0.4, -0.2) is 26.9 Å². The molecule has 0 amide bonds. The Morgan fingerprint density at radius 1 is 1.48 bits per heavy atom. The highest BCUT2D eigenvalue weighted by atomic mass is 79.9. The summed E-state index contributed by atoms with van der Waals surface area (Å²) in [6.07, 6.45) is 3.32. The van der Waals surface area contributed by atoms with Gasteiger partial charge in [-0.2, -0.15) is 5.10 Å². The zero-order valence-electron chi connectivity index (χ0n) is 12.5. The third kappa shape index (κ3) is 2.52. The Morgan fingerprint density at radius 3 is 2.86 bits per heavy atom. The summed E-state index contributed by atoms with van der Waals surface area (Å²) in [6, 6.07) is 0.105. The predicted molar refractivity (Wildman–Crippen MR) is 82.9 cm³/mol. The van der Waals surface area contributed by atoms with Gasteiger partial charge >= 0.3 is 5.97 Å². The fraction of sp³-hybridized carbons (Fsp3) is 0.733. The molecule has 0 spiro atoms. The molecule has 21 heavy (non-hydrogen) atoms. The molecular weight excluding hydrogens is 334 g/mol. The fourth-order valence-corrected chi connectivity index (χ4v) is 4.62. The van der Waals surface area contributed by atoms with Gasteiger partial charge in [0.15, 0.2) is 0 Å². The lowest BCUT2D eigenvalue weighted by molar-refractivity contribution is -0.144. The first-order valence-electron chi connectivity index (χ1n) is 7.70. The van der Waals surface area contributed by atoms with E-state index in [0.29, 0.717) is 18.4 Å². The van der Waals surface area contributed by atoms with Gasteiger partial charge in [-0.15, -0.1) is 0 Å². The maximum Gasteiger partial charge on any atom is 0.308 e. The lowest BCUT2D eigenvalue weighted by Gasteiger charge is -2.29. The quantitative estimate of drug-likeness (QED) is 0.851. The molecule has 2 aliphatic rings. The fourth-order valence-electron chi connectivity index (χ4n) is 4.19. The number of fused-ring (bicyclic) bond motifs is 2. The molecule has 1 heterocycles. The molecule has 2 bridgehead atoms. The summed E-state index contributed by atoms with van der Waals surface area (Å²) in [7, 11) is 0. The minimum Gasteiger partial charge on any atom is -0.481 e. The molecule has 1 aromatic heterocycles. The van der Waals surface area contributed by atoms with Gasteiger partial charge in [-0.05, 0) is 60.9 Å². The largest absolute Gasteiger partial charge is 0.481 e.